The van der Waals surface area contributed by atoms with Crippen molar-refractivity contribution in [3.8, 4) is 0 Å². The largest absolute Gasteiger partial charge is 0.364 e. The molecule has 0 aliphatic rings. The number of nitrogens with two attached hydrogens (primary N) is 1. The molecule has 1 aromatic heterocycles. The normalized spacial score (nSPS) is 9.71. The molecule has 0 atom stereocenters. The van der Waals surface area contributed by atoms with Crippen molar-refractivity contribution < 1.29 is 9.59 Å². The first-order valence-electron chi connectivity index (χ1n) is 5.26. The monoisotopic (exact) mass is 237 g/mol. The van der Waals surface area contributed by atoms with Crippen molar-refractivity contribution in [2.45, 2.75) is 13.3 Å². The Balaban J connectivity index is 2.49. The zero-order valence-corrected chi connectivity index (χ0v) is 9.56. The highest BCUT2D eigenvalue weighted by Crippen LogP contribution is 2.00. The van der Waals surface area contributed by atoms with Crippen LogP contribution in [0.1, 0.15) is 23.8 Å². The van der Waals surface area contributed by atoms with Crippen molar-refractivity contribution in [1.82, 2.24) is 15.3 Å². The lowest BCUT2D eigenvalue weighted by Gasteiger charge is -2.06. The van der Waals surface area contributed by atoms with Gasteiger partial charge in [-0.2, -0.15) is 0 Å². The number of hydrogen-bond donors (Lipinski definition) is 3. The van der Waals surface area contributed by atoms with Gasteiger partial charge in [0.25, 0.3) is 5.91 Å². The van der Waals surface area contributed by atoms with E-state index in [-0.39, 0.29) is 18.1 Å². The molecule has 4 N–H and O–H groups in total. The van der Waals surface area contributed by atoms with Crippen LogP contribution in [0.4, 0.5) is 5.82 Å². The number of nitrogens with one attached hydrogen (secondary N) is 2. The molecular weight excluding hydrogens is 222 g/mol. The Morgan fingerprint density at radius 1 is 1.41 bits per heavy atom. The van der Waals surface area contributed by atoms with Crippen LogP contribution in [0.2, 0.25) is 0 Å². The Hall–Kier alpha value is -2.18. The summed E-state index contributed by atoms with van der Waals surface area (Å²) >= 11 is 0. The van der Waals surface area contributed by atoms with Gasteiger partial charge in [-0.1, -0.05) is 6.92 Å². The van der Waals surface area contributed by atoms with Gasteiger partial charge in [0.05, 0.1) is 18.9 Å². The summed E-state index contributed by atoms with van der Waals surface area (Å²) in [5, 5.41) is 5.45. The SMILES string of the molecule is CCCNC(=O)CNc1cncc(C(N)=O)n1. The van der Waals surface area contributed by atoms with Gasteiger partial charge in [0.1, 0.15) is 11.5 Å². The van der Waals surface area contributed by atoms with Crippen LogP contribution in [0, 0.1) is 0 Å². The average Bonchev–Trinajstić information content (AvgIpc) is 2.34. The van der Waals surface area contributed by atoms with Crippen LogP contribution >= 0.6 is 0 Å². The van der Waals surface area contributed by atoms with E-state index in [1.54, 1.807) is 0 Å². The van der Waals surface area contributed by atoms with Gasteiger partial charge in [-0.3, -0.25) is 14.6 Å². The highest BCUT2D eigenvalue weighted by atomic mass is 16.2. The van der Waals surface area contributed by atoms with E-state index in [9.17, 15) is 9.59 Å². The summed E-state index contributed by atoms with van der Waals surface area (Å²) in [4.78, 5) is 29.8. The van der Waals surface area contributed by atoms with E-state index < -0.39 is 5.91 Å². The van der Waals surface area contributed by atoms with Gasteiger partial charge in [0.2, 0.25) is 5.91 Å². The number of amides is 2. The molecule has 0 aliphatic carbocycles. The van der Waals surface area contributed by atoms with Gasteiger partial charge in [-0.05, 0) is 6.42 Å². The molecule has 0 aromatic carbocycles. The first-order valence-corrected chi connectivity index (χ1v) is 5.26. The first-order chi connectivity index (χ1) is 8.13. The third kappa shape index (κ3) is 4.45. The molecule has 2 amide bonds. The third-order valence-corrected chi connectivity index (χ3v) is 1.89. The molecule has 1 heterocycles. The van der Waals surface area contributed by atoms with Crippen LogP contribution in [0.5, 0.6) is 0 Å². The lowest BCUT2D eigenvalue weighted by atomic mass is 10.4. The molecule has 0 saturated heterocycles. The number of primary amides is 1. The van der Waals surface area contributed by atoms with Gasteiger partial charge in [-0.25, -0.2) is 4.98 Å². The number of anilines is 1. The maximum atomic E-state index is 11.3. The van der Waals surface area contributed by atoms with Crippen LogP contribution in [0.3, 0.4) is 0 Å². The number of rotatable bonds is 6. The number of nitrogens with zero attached hydrogens (tertiary/aromatic N) is 2. The van der Waals surface area contributed by atoms with E-state index in [1.165, 1.54) is 12.4 Å². The van der Waals surface area contributed by atoms with Crippen LogP contribution in [0.15, 0.2) is 12.4 Å². The highest BCUT2D eigenvalue weighted by Gasteiger charge is 2.05. The van der Waals surface area contributed by atoms with Gasteiger partial charge in [0, 0.05) is 6.54 Å². The average molecular weight is 237 g/mol. The Labute approximate surface area is 98.8 Å². The van der Waals surface area contributed by atoms with Crippen molar-refractivity contribution in [2.75, 3.05) is 18.4 Å². The summed E-state index contributed by atoms with van der Waals surface area (Å²) in [6.07, 6.45) is 3.56. The van der Waals surface area contributed by atoms with Crippen LogP contribution in [-0.4, -0.2) is 34.9 Å². The van der Waals surface area contributed by atoms with E-state index in [0.717, 1.165) is 6.42 Å². The lowest BCUT2D eigenvalue weighted by Crippen LogP contribution is -2.30. The van der Waals surface area contributed by atoms with Gasteiger partial charge in [0.15, 0.2) is 0 Å². The summed E-state index contributed by atoms with van der Waals surface area (Å²) in [5.41, 5.74) is 5.12. The molecule has 0 unspecified atom stereocenters. The third-order valence-electron chi connectivity index (χ3n) is 1.89. The molecule has 0 fully saturated rings. The molecule has 0 aliphatic heterocycles. The zero-order chi connectivity index (χ0) is 12.7. The van der Waals surface area contributed by atoms with Gasteiger partial charge >= 0.3 is 0 Å². The van der Waals surface area contributed by atoms with E-state index >= 15 is 0 Å². The second-order valence-corrected chi connectivity index (χ2v) is 3.36. The minimum atomic E-state index is -0.656. The zero-order valence-electron chi connectivity index (χ0n) is 9.56. The fraction of sp³-hybridized carbons (Fsp3) is 0.400. The quantitative estimate of drug-likeness (QED) is 0.618. The van der Waals surface area contributed by atoms with Crippen molar-refractivity contribution >= 4 is 17.6 Å². The second-order valence-electron chi connectivity index (χ2n) is 3.36. The molecule has 92 valence electrons. The maximum absolute atomic E-state index is 11.3. The molecule has 17 heavy (non-hydrogen) atoms. The number of hydrogen-bond acceptors (Lipinski definition) is 5. The lowest BCUT2D eigenvalue weighted by molar-refractivity contribution is -0.119. The Kier molecular flexibility index (Phi) is 4.86. The molecule has 0 radical (unpaired) electrons. The number of carbonyl (C=O) groups is 2. The minimum absolute atomic E-state index is 0.0592. The Morgan fingerprint density at radius 2 is 2.18 bits per heavy atom. The second kappa shape index (κ2) is 6.41. The highest BCUT2D eigenvalue weighted by molar-refractivity contribution is 5.90. The predicted molar refractivity (Wildman–Crippen MR) is 62.3 cm³/mol. The summed E-state index contributed by atoms with van der Waals surface area (Å²) < 4.78 is 0. The topological polar surface area (TPSA) is 110 Å². The summed E-state index contributed by atoms with van der Waals surface area (Å²) in [5.74, 6) is -0.456. The van der Waals surface area contributed by atoms with E-state index in [4.69, 9.17) is 5.73 Å². The van der Waals surface area contributed by atoms with Crippen molar-refractivity contribution in [2.24, 2.45) is 5.73 Å². The smallest absolute Gasteiger partial charge is 0.268 e. The minimum Gasteiger partial charge on any atom is -0.364 e. The molecule has 0 bridgehead atoms. The maximum Gasteiger partial charge on any atom is 0.268 e. The fourth-order valence-electron chi connectivity index (χ4n) is 1.07. The Morgan fingerprint density at radius 3 is 2.82 bits per heavy atom. The van der Waals surface area contributed by atoms with E-state index in [0.29, 0.717) is 12.4 Å². The van der Waals surface area contributed by atoms with Crippen molar-refractivity contribution in [3.63, 3.8) is 0 Å². The van der Waals surface area contributed by atoms with Crippen LogP contribution in [0.25, 0.3) is 0 Å². The summed E-state index contributed by atoms with van der Waals surface area (Å²) in [6.45, 7) is 2.68. The van der Waals surface area contributed by atoms with Crippen LogP contribution < -0.4 is 16.4 Å². The van der Waals surface area contributed by atoms with Crippen molar-refractivity contribution in [3.05, 3.63) is 18.1 Å². The number of carbonyl (C=O) groups excluding carboxylic acids is 2. The molecule has 7 nitrogen and oxygen atoms in total. The number of aromatic nitrogens is 2. The van der Waals surface area contributed by atoms with Gasteiger partial charge < -0.3 is 16.4 Å². The molecule has 0 saturated carbocycles. The molecule has 7 heteroatoms. The summed E-state index contributed by atoms with van der Waals surface area (Å²) in [7, 11) is 0. The standard InChI is InChI=1S/C10H15N5O2/c1-2-3-13-9(16)6-14-8-5-12-4-7(15-8)10(11)17/h4-5H,2-3,6H2,1H3,(H2,11,17)(H,13,16)(H,14,15). The predicted octanol–water partition coefficient (Wildman–Crippen LogP) is -0.486. The Bertz CT molecular complexity index is 407. The van der Waals surface area contributed by atoms with E-state index in [2.05, 4.69) is 20.6 Å². The van der Waals surface area contributed by atoms with Gasteiger partial charge in [-0.15, -0.1) is 0 Å². The summed E-state index contributed by atoms with van der Waals surface area (Å²) in [6, 6.07) is 0. The fourth-order valence-corrected chi connectivity index (χ4v) is 1.07. The molecular formula is C10H15N5O2. The van der Waals surface area contributed by atoms with Crippen molar-refractivity contribution in [1.29, 1.82) is 0 Å². The molecule has 1 rings (SSSR count). The van der Waals surface area contributed by atoms with Crippen LogP contribution in [-0.2, 0) is 4.79 Å². The van der Waals surface area contributed by atoms with E-state index in [1.807, 2.05) is 6.92 Å². The first kappa shape index (κ1) is 12.9. The molecule has 1 aromatic rings. The molecule has 0 spiro atoms.